The largest absolute Gasteiger partial charge is 0.318 e. The van der Waals surface area contributed by atoms with E-state index in [-0.39, 0.29) is 5.82 Å². The van der Waals surface area contributed by atoms with E-state index in [1.807, 2.05) is 26.8 Å². The number of nitrogens with two attached hydrogens (primary N) is 1. The molecule has 0 amide bonds. The molecule has 1 nitrogen and oxygen atoms in total. The first-order valence-electron chi connectivity index (χ1n) is 6.03. The fraction of sp³-hybridized carbons (Fsp3) is 0.250. The second-order valence-corrected chi connectivity index (χ2v) is 5.09. The van der Waals surface area contributed by atoms with E-state index in [0.717, 1.165) is 22.3 Å². The van der Waals surface area contributed by atoms with Crippen molar-refractivity contribution >= 4 is 0 Å². The highest BCUT2D eigenvalue weighted by atomic mass is 19.1. The molecule has 0 aliphatic heterocycles. The normalized spacial score (nSPS) is 14.3. The van der Waals surface area contributed by atoms with Gasteiger partial charge in [-0.15, -0.1) is 0 Å². The lowest BCUT2D eigenvalue weighted by atomic mass is 9.84. The summed E-state index contributed by atoms with van der Waals surface area (Å²) < 4.78 is 13.3. The third kappa shape index (κ3) is 2.44. The van der Waals surface area contributed by atoms with Gasteiger partial charge in [0.25, 0.3) is 0 Å². The SMILES string of the molecule is Cc1cc(C)cc(C(C)(N)c2cccc(F)c2)c1. The summed E-state index contributed by atoms with van der Waals surface area (Å²) in [6, 6.07) is 12.7. The van der Waals surface area contributed by atoms with Crippen LogP contribution in [0.3, 0.4) is 0 Å². The van der Waals surface area contributed by atoms with Gasteiger partial charge in [0.05, 0.1) is 5.54 Å². The predicted molar refractivity (Wildman–Crippen MR) is 73.0 cm³/mol. The Kier molecular flexibility index (Phi) is 3.22. The van der Waals surface area contributed by atoms with Crippen LogP contribution in [0.2, 0.25) is 0 Å². The first-order chi connectivity index (χ1) is 8.39. The van der Waals surface area contributed by atoms with Gasteiger partial charge in [0, 0.05) is 0 Å². The minimum atomic E-state index is -0.682. The summed E-state index contributed by atoms with van der Waals surface area (Å²) in [5.41, 5.74) is 9.84. The van der Waals surface area contributed by atoms with Crippen LogP contribution >= 0.6 is 0 Å². The summed E-state index contributed by atoms with van der Waals surface area (Å²) in [5, 5.41) is 0. The molecule has 0 spiro atoms. The lowest BCUT2D eigenvalue weighted by Gasteiger charge is -2.27. The summed E-state index contributed by atoms with van der Waals surface area (Å²) in [6.45, 7) is 5.99. The van der Waals surface area contributed by atoms with Crippen molar-refractivity contribution in [2.24, 2.45) is 5.73 Å². The standard InChI is InChI=1S/C16H18FN/c1-11-7-12(2)9-14(8-11)16(3,18)13-5-4-6-15(17)10-13/h4-10H,18H2,1-3H3. The summed E-state index contributed by atoms with van der Waals surface area (Å²) in [4.78, 5) is 0. The minimum Gasteiger partial charge on any atom is -0.318 e. The summed E-state index contributed by atoms with van der Waals surface area (Å²) in [6.07, 6.45) is 0. The first kappa shape index (κ1) is 12.8. The highest BCUT2D eigenvalue weighted by molar-refractivity contribution is 5.40. The zero-order chi connectivity index (χ0) is 13.3. The van der Waals surface area contributed by atoms with Crippen molar-refractivity contribution in [3.8, 4) is 0 Å². The van der Waals surface area contributed by atoms with Crippen molar-refractivity contribution in [1.29, 1.82) is 0 Å². The maximum absolute atomic E-state index is 13.3. The van der Waals surface area contributed by atoms with Gasteiger partial charge in [-0.3, -0.25) is 0 Å². The molecular weight excluding hydrogens is 225 g/mol. The number of halogens is 1. The lowest BCUT2D eigenvalue weighted by Crippen LogP contribution is -2.34. The molecule has 2 aromatic carbocycles. The third-order valence-electron chi connectivity index (χ3n) is 3.25. The average Bonchev–Trinajstić information content (AvgIpc) is 2.27. The Morgan fingerprint density at radius 3 is 2.11 bits per heavy atom. The Balaban J connectivity index is 2.53. The Labute approximate surface area is 107 Å². The Hall–Kier alpha value is -1.67. The summed E-state index contributed by atoms with van der Waals surface area (Å²) >= 11 is 0. The number of hydrogen-bond donors (Lipinski definition) is 1. The van der Waals surface area contributed by atoms with Crippen LogP contribution in [0.15, 0.2) is 42.5 Å². The zero-order valence-electron chi connectivity index (χ0n) is 11.0. The van der Waals surface area contributed by atoms with Crippen LogP contribution in [0.25, 0.3) is 0 Å². The van der Waals surface area contributed by atoms with Gasteiger partial charge in [-0.1, -0.05) is 41.5 Å². The maximum atomic E-state index is 13.3. The molecule has 0 saturated heterocycles. The number of rotatable bonds is 2. The summed E-state index contributed by atoms with van der Waals surface area (Å²) in [5.74, 6) is -0.256. The molecule has 2 heteroatoms. The highest BCUT2D eigenvalue weighted by Gasteiger charge is 2.24. The molecule has 2 rings (SSSR count). The molecule has 0 saturated carbocycles. The summed E-state index contributed by atoms with van der Waals surface area (Å²) in [7, 11) is 0. The van der Waals surface area contributed by atoms with Crippen molar-refractivity contribution in [2.75, 3.05) is 0 Å². The van der Waals surface area contributed by atoms with E-state index in [2.05, 4.69) is 18.2 Å². The maximum Gasteiger partial charge on any atom is 0.123 e. The van der Waals surface area contributed by atoms with Gasteiger partial charge in [0.15, 0.2) is 0 Å². The van der Waals surface area contributed by atoms with Gasteiger partial charge in [0.2, 0.25) is 0 Å². The van der Waals surface area contributed by atoms with Crippen molar-refractivity contribution < 1.29 is 4.39 Å². The van der Waals surface area contributed by atoms with E-state index >= 15 is 0 Å². The van der Waals surface area contributed by atoms with Crippen molar-refractivity contribution in [2.45, 2.75) is 26.3 Å². The molecule has 0 aliphatic rings. The van der Waals surface area contributed by atoms with Crippen LogP contribution in [0.4, 0.5) is 4.39 Å². The third-order valence-corrected chi connectivity index (χ3v) is 3.25. The molecule has 1 atom stereocenters. The van der Waals surface area contributed by atoms with Gasteiger partial charge in [-0.2, -0.15) is 0 Å². The predicted octanol–water partition coefficient (Wildman–Crippen LogP) is 3.66. The number of hydrogen-bond acceptors (Lipinski definition) is 1. The van der Waals surface area contributed by atoms with E-state index in [4.69, 9.17) is 5.73 Å². The van der Waals surface area contributed by atoms with E-state index in [1.54, 1.807) is 6.07 Å². The van der Waals surface area contributed by atoms with Gasteiger partial charge < -0.3 is 5.73 Å². The fourth-order valence-electron chi connectivity index (χ4n) is 2.25. The second-order valence-electron chi connectivity index (χ2n) is 5.09. The van der Waals surface area contributed by atoms with Crippen LogP contribution in [0, 0.1) is 19.7 Å². The molecule has 0 fully saturated rings. The number of benzene rings is 2. The van der Waals surface area contributed by atoms with Gasteiger partial charge in [0.1, 0.15) is 5.82 Å². The van der Waals surface area contributed by atoms with Crippen LogP contribution in [0.5, 0.6) is 0 Å². The Morgan fingerprint density at radius 1 is 0.944 bits per heavy atom. The fourth-order valence-corrected chi connectivity index (χ4v) is 2.25. The monoisotopic (exact) mass is 243 g/mol. The van der Waals surface area contributed by atoms with Crippen LogP contribution in [-0.2, 0) is 5.54 Å². The topological polar surface area (TPSA) is 26.0 Å². The molecule has 0 radical (unpaired) electrons. The average molecular weight is 243 g/mol. The van der Waals surface area contributed by atoms with Crippen LogP contribution < -0.4 is 5.73 Å². The Bertz CT molecular complexity index is 553. The zero-order valence-corrected chi connectivity index (χ0v) is 11.0. The van der Waals surface area contributed by atoms with Gasteiger partial charge >= 0.3 is 0 Å². The molecular formula is C16H18FN. The van der Waals surface area contributed by atoms with Crippen molar-refractivity contribution in [3.05, 3.63) is 70.5 Å². The molecule has 1 unspecified atom stereocenters. The van der Waals surface area contributed by atoms with Crippen LogP contribution in [0.1, 0.15) is 29.2 Å². The number of aryl methyl sites for hydroxylation is 2. The molecule has 2 aromatic rings. The Morgan fingerprint density at radius 2 is 1.56 bits per heavy atom. The smallest absolute Gasteiger partial charge is 0.123 e. The first-order valence-corrected chi connectivity index (χ1v) is 6.03. The van der Waals surface area contributed by atoms with E-state index in [1.165, 1.54) is 12.1 Å². The minimum absolute atomic E-state index is 0.256. The van der Waals surface area contributed by atoms with E-state index in [9.17, 15) is 4.39 Å². The molecule has 0 bridgehead atoms. The van der Waals surface area contributed by atoms with Gasteiger partial charge in [-0.25, -0.2) is 4.39 Å². The lowest BCUT2D eigenvalue weighted by molar-refractivity contribution is 0.581. The quantitative estimate of drug-likeness (QED) is 0.855. The molecule has 18 heavy (non-hydrogen) atoms. The van der Waals surface area contributed by atoms with Gasteiger partial charge in [-0.05, 0) is 44.0 Å². The van der Waals surface area contributed by atoms with Crippen molar-refractivity contribution in [3.63, 3.8) is 0 Å². The van der Waals surface area contributed by atoms with E-state index in [0.29, 0.717) is 0 Å². The van der Waals surface area contributed by atoms with Crippen molar-refractivity contribution in [1.82, 2.24) is 0 Å². The second kappa shape index (κ2) is 4.54. The molecule has 0 aromatic heterocycles. The molecule has 2 N–H and O–H groups in total. The highest BCUT2D eigenvalue weighted by Crippen LogP contribution is 2.28. The molecule has 0 aliphatic carbocycles. The molecule has 94 valence electrons. The van der Waals surface area contributed by atoms with E-state index < -0.39 is 5.54 Å². The van der Waals surface area contributed by atoms with Crippen LogP contribution in [-0.4, -0.2) is 0 Å². The molecule has 0 heterocycles.